The number of furan rings is 1. The second-order valence-corrected chi connectivity index (χ2v) is 6.17. The van der Waals surface area contributed by atoms with Gasteiger partial charge in [-0.25, -0.2) is 0 Å². The zero-order valence-electron chi connectivity index (χ0n) is 14.6. The summed E-state index contributed by atoms with van der Waals surface area (Å²) in [6.45, 7) is 6.67. The molecule has 1 aliphatic heterocycles. The molecule has 25 heavy (non-hydrogen) atoms. The van der Waals surface area contributed by atoms with Crippen molar-refractivity contribution in [1.82, 2.24) is 4.90 Å². The summed E-state index contributed by atoms with van der Waals surface area (Å²) in [4.78, 5) is 14.9. The summed E-state index contributed by atoms with van der Waals surface area (Å²) >= 11 is 0. The maximum Gasteiger partial charge on any atom is 0.232 e. The fourth-order valence-electron chi connectivity index (χ4n) is 3.08. The standard InChI is InChI=1S/C20H23NO4/c1-3-9-21(10-4-2)13-16-17(22)8-7-15-19(23)18(25-20(15)16)12-14-6-5-11-24-14/h5-8,11-12,22H,3-4,9-10,13H2,1-2H3/b18-12-. The van der Waals surface area contributed by atoms with Gasteiger partial charge in [-0.1, -0.05) is 13.8 Å². The predicted octanol–water partition coefficient (Wildman–Crippen LogP) is 4.22. The third-order valence-corrected chi connectivity index (χ3v) is 4.19. The van der Waals surface area contributed by atoms with Gasteiger partial charge in [0.2, 0.25) is 5.78 Å². The number of fused-ring (bicyclic) bond motifs is 1. The lowest BCUT2D eigenvalue weighted by Crippen LogP contribution is -2.25. The van der Waals surface area contributed by atoms with Gasteiger partial charge in [0.25, 0.3) is 0 Å². The second-order valence-electron chi connectivity index (χ2n) is 6.17. The number of carbonyl (C=O) groups is 1. The summed E-state index contributed by atoms with van der Waals surface area (Å²) in [5, 5.41) is 10.3. The number of ether oxygens (including phenoxy) is 1. The molecule has 0 radical (unpaired) electrons. The molecule has 0 saturated carbocycles. The van der Waals surface area contributed by atoms with Gasteiger partial charge in [-0.15, -0.1) is 0 Å². The van der Waals surface area contributed by atoms with Crippen molar-refractivity contribution in [3.05, 3.63) is 53.2 Å². The zero-order chi connectivity index (χ0) is 17.8. The molecule has 2 heterocycles. The maximum absolute atomic E-state index is 12.6. The highest BCUT2D eigenvalue weighted by Gasteiger charge is 2.31. The van der Waals surface area contributed by atoms with Crippen LogP contribution in [-0.4, -0.2) is 28.9 Å². The van der Waals surface area contributed by atoms with Crippen molar-refractivity contribution in [2.75, 3.05) is 13.1 Å². The van der Waals surface area contributed by atoms with Gasteiger partial charge in [-0.05, 0) is 50.2 Å². The van der Waals surface area contributed by atoms with Crippen molar-refractivity contribution >= 4 is 11.9 Å². The van der Waals surface area contributed by atoms with Crippen LogP contribution in [0.2, 0.25) is 0 Å². The third kappa shape index (κ3) is 3.61. The van der Waals surface area contributed by atoms with Crippen LogP contribution < -0.4 is 4.74 Å². The number of nitrogens with zero attached hydrogens (tertiary/aromatic N) is 1. The van der Waals surface area contributed by atoms with Crippen LogP contribution in [0.25, 0.3) is 6.08 Å². The fourth-order valence-corrected chi connectivity index (χ4v) is 3.08. The van der Waals surface area contributed by atoms with E-state index in [1.54, 1.807) is 36.6 Å². The van der Waals surface area contributed by atoms with Crippen LogP contribution in [-0.2, 0) is 6.54 Å². The molecular formula is C20H23NO4. The maximum atomic E-state index is 12.6. The lowest BCUT2D eigenvalue weighted by molar-refractivity contribution is 0.101. The highest BCUT2D eigenvalue weighted by molar-refractivity contribution is 6.14. The van der Waals surface area contributed by atoms with Crippen molar-refractivity contribution in [2.45, 2.75) is 33.2 Å². The summed E-state index contributed by atoms with van der Waals surface area (Å²) in [6, 6.07) is 6.70. The number of rotatable bonds is 7. The Morgan fingerprint density at radius 2 is 1.92 bits per heavy atom. The van der Waals surface area contributed by atoms with Crippen molar-refractivity contribution in [3.63, 3.8) is 0 Å². The molecule has 5 heteroatoms. The number of hydrogen-bond donors (Lipinski definition) is 1. The van der Waals surface area contributed by atoms with Gasteiger partial charge in [-0.2, -0.15) is 0 Å². The molecule has 1 aromatic carbocycles. The van der Waals surface area contributed by atoms with E-state index in [2.05, 4.69) is 18.7 Å². The smallest absolute Gasteiger partial charge is 0.232 e. The molecule has 1 N–H and O–H groups in total. The average molecular weight is 341 g/mol. The highest BCUT2D eigenvalue weighted by atomic mass is 16.5. The monoisotopic (exact) mass is 341 g/mol. The largest absolute Gasteiger partial charge is 0.507 e. The van der Waals surface area contributed by atoms with Crippen molar-refractivity contribution in [1.29, 1.82) is 0 Å². The number of hydrogen-bond acceptors (Lipinski definition) is 5. The summed E-state index contributed by atoms with van der Waals surface area (Å²) < 4.78 is 11.1. The van der Waals surface area contributed by atoms with E-state index in [9.17, 15) is 9.90 Å². The normalized spacial score (nSPS) is 15.0. The van der Waals surface area contributed by atoms with Crippen LogP contribution in [0, 0.1) is 0 Å². The number of Topliss-reactive ketones (excluding diaryl/α,β-unsaturated/α-hetero) is 1. The number of benzene rings is 1. The Kier molecular flexibility index (Phi) is 5.24. The average Bonchev–Trinajstić information content (AvgIpc) is 3.20. The first-order valence-electron chi connectivity index (χ1n) is 8.69. The summed E-state index contributed by atoms with van der Waals surface area (Å²) in [6.07, 6.45) is 5.18. The summed E-state index contributed by atoms with van der Waals surface area (Å²) in [5.41, 5.74) is 1.15. The summed E-state index contributed by atoms with van der Waals surface area (Å²) in [7, 11) is 0. The second kappa shape index (κ2) is 7.57. The lowest BCUT2D eigenvalue weighted by Gasteiger charge is -2.22. The first kappa shape index (κ1) is 17.3. The number of carbonyl (C=O) groups excluding carboxylic acids is 1. The molecule has 1 aliphatic rings. The van der Waals surface area contributed by atoms with Crippen LogP contribution in [0.3, 0.4) is 0 Å². The molecule has 0 amide bonds. The number of phenols is 1. The number of aromatic hydroxyl groups is 1. The van der Waals surface area contributed by atoms with E-state index in [0.29, 0.717) is 29.2 Å². The molecule has 0 unspecified atom stereocenters. The van der Waals surface area contributed by atoms with Gasteiger partial charge in [0, 0.05) is 12.6 Å². The zero-order valence-corrected chi connectivity index (χ0v) is 14.6. The van der Waals surface area contributed by atoms with Gasteiger partial charge in [0.15, 0.2) is 5.76 Å². The number of allylic oxidation sites excluding steroid dienone is 1. The van der Waals surface area contributed by atoms with E-state index in [1.807, 2.05) is 0 Å². The van der Waals surface area contributed by atoms with Gasteiger partial charge in [0.05, 0.1) is 17.4 Å². The Labute approximate surface area is 147 Å². The molecule has 0 fully saturated rings. The van der Waals surface area contributed by atoms with Crippen LogP contribution >= 0.6 is 0 Å². The number of ketones is 1. The third-order valence-electron chi connectivity index (χ3n) is 4.19. The molecule has 0 aliphatic carbocycles. The topological polar surface area (TPSA) is 62.9 Å². The molecule has 0 saturated heterocycles. The lowest BCUT2D eigenvalue weighted by atomic mass is 10.0. The van der Waals surface area contributed by atoms with Crippen molar-refractivity contribution < 1.29 is 19.1 Å². The van der Waals surface area contributed by atoms with Gasteiger partial charge >= 0.3 is 0 Å². The van der Waals surface area contributed by atoms with Crippen LogP contribution in [0.1, 0.15) is 48.4 Å². The minimum Gasteiger partial charge on any atom is -0.507 e. The Balaban J connectivity index is 1.92. The SMILES string of the molecule is CCCN(CCC)Cc1c(O)ccc2c1O/C(=C\c1ccco1)C2=O. The van der Waals surface area contributed by atoms with Gasteiger partial charge in [0.1, 0.15) is 17.3 Å². The molecule has 132 valence electrons. The Morgan fingerprint density at radius 3 is 2.56 bits per heavy atom. The highest BCUT2D eigenvalue weighted by Crippen LogP contribution is 2.40. The van der Waals surface area contributed by atoms with Gasteiger partial charge < -0.3 is 14.3 Å². The quantitative estimate of drug-likeness (QED) is 0.764. The predicted molar refractivity (Wildman–Crippen MR) is 95.6 cm³/mol. The fraction of sp³-hybridized carbons (Fsp3) is 0.350. The molecule has 0 bridgehead atoms. The van der Waals surface area contributed by atoms with E-state index in [-0.39, 0.29) is 17.3 Å². The van der Waals surface area contributed by atoms with E-state index >= 15 is 0 Å². The van der Waals surface area contributed by atoms with E-state index < -0.39 is 0 Å². The Hall–Kier alpha value is -2.53. The number of phenolic OH excluding ortho intramolecular Hbond substituents is 1. The minimum absolute atomic E-state index is 0.156. The van der Waals surface area contributed by atoms with Crippen molar-refractivity contribution in [3.8, 4) is 11.5 Å². The molecule has 0 atom stereocenters. The minimum atomic E-state index is -0.190. The van der Waals surface area contributed by atoms with Crippen LogP contribution in [0.5, 0.6) is 11.5 Å². The van der Waals surface area contributed by atoms with E-state index in [0.717, 1.165) is 25.9 Å². The van der Waals surface area contributed by atoms with E-state index in [4.69, 9.17) is 9.15 Å². The molecule has 3 rings (SSSR count). The molecule has 5 nitrogen and oxygen atoms in total. The van der Waals surface area contributed by atoms with Crippen LogP contribution in [0.15, 0.2) is 40.7 Å². The molecular weight excluding hydrogens is 318 g/mol. The van der Waals surface area contributed by atoms with E-state index in [1.165, 1.54) is 0 Å². The first-order chi connectivity index (χ1) is 12.1. The first-order valence-corrected chi connectivity index (χ1v) is 8.69. The Morgan fingerprint density at radius 1 is 1.16 bits per heavy atom. The molecule has 1 aromatic heterocycles. The summed E-state index contributed by atoms with van der Waals surface area (Å²) in [5.74, 6) is 1.20. The molecule has 0 spiro atoms. The van der Waals surface area contributed by atoms with Crippen LogP contribution in [0.4, 0.5) is 0 Å². The van der Waals surface area contributed by atoms with Crippen molar-refractivity contribution in [2.24, 2.45) is 0 Å². The Bertz CT molecular complexity index is 771. The van der Waals surface area contributed by atoms with Gasteiger partial charge in [-0.3, -0.25) is 9.69 Å². The molecule has 2 aromatic rings.